The summed E-state index contributed by atoms with van der Waals surface area (Å²) in [7, 11) is 1.68. The van der Waals surface area contributed by atoms with Crippen molar-refractivity contribution in [3.05, 3.63) is 24.4 Å². The maximum atomic E-state index is 6.00. The molecule has 1 aromatic heterocycles. The Hall–Kier alpha value is -1.17. The summed E-state index contributed by atoms with van der Waals surface area (Å²) in [4.78, 5) is 1.25. The van der Waals surface area contributed by atoms with Crippen LogP contribution in [0.25, 0.3) is 10.9 Å². The molecule has 0 aliphatic rings. The van der Waals surface area contributed by atoms with Crippen molar-refractivity contribution in [3.8, 4) is 0 Å². The largest absolute Gasteiger partial charge is 0.399 e. The maximum Gasteiger partial charge on any atom is 0.0701 e. The molecule has 0 spiro atoms. The molecule has 2 rings (SSSR count). The first kappa shape index (κ1) is 15.2. The normalized spacial score (nSPS) is 11.3. The number of benzene rings is 1. The molecule has 0 aliphatic heterocycles. The highest BCUT2D eigenvalue weighted by molar-refractivity contribution is 7.99. The topological polar surface area (TPSA) is 49.4 Å². The number of fused-ring (bicyclic) bond motifs is 1. The molecule has 1 heterocycles. The van der Waals surface area contributed by atoms with Gasteiger partial charge >= 0.3 is 0 Å². The van der Waals surface area contributed by atoms with Gasteiger partial charge < -0.3 is 19.8 Å². The molecule has 0 atom stereocenters. The first-order chi connectivity index (χ1) is 9.76. The summed E-state index contributed by atoms with van der Waals surface area (Å²) in [5.74, 6) is 1.05. The standard InChI is InChI=1S/C15H22N2O2S/c1-3-20-15-11-12(16)10-14-13(15)4-5-17(14)6-7-19-9-8-18-2/h4-5,10-11H,3,6-9,16H2,1-2H3. The van der Waals surface area contributed by atoms with E-state index in [0.29, 0.717) is 19.8 Å². The quantitative estimate of drug-likeness (QED) is 0.462. The fourth-order valence-corrected chi connectivity index (χ4v) is 3.02. The van der Waals surface area contributed by atoms with Gasteiger partial charge in [0.25, 0.3) is 0 Å². The van der Waals surface area contributed by atoms with Gasteiger partial charge in [0.15, 0.2) is 0 Å². The average Bonchev–Trinajstić information content (AvgIpc) is 2.82. The predicted molar refractivity (Wildman–Crippen MR) is 85.4 cm³/mol. The first-order valence-electron chi connectivity index (χ1n) is 6.84. The summed E-state index contributed by atoms with van der Waals surface area (Å²) < 4.78 is 12.7. The van der Waals surface area contributed by atoms with Gasteiger partial charge in [-0.15, -0.1) is 11.8 Å². The monoisotopic (exact) mass is 294 g/mol. The Morgan fingerprint density at radius 1 is 1.25 bits per heavy atom. The third-order valence-electron chi connectivity index (χ3n) is 3.08. The highest BCUT2D eigenvalue weighted by Gasteiger charge is 2.07. The zero-order chi connectivity index (χ0) is 14.4. The van der Waals surface area contributed by atoms with E-state index in [2.05, 4.69) is 29.8 Å². The lowest BCUT2D eigenvalue weighted by molar-refractivity contribution is 0.0670. The minimum atomic E-state index is 0.634. The van der Waals surface area contributed by atoms with Gasteiger partial charge in [-0.1, -0.05) is 6.92 Å². The van der Waals surface area contributed by atoms with E-state index in [1.165, 1.54) is 15.8 Å². The van der Waals surface area contributed by atoms with Crippen LogP contribution in [0.2, 0.25) is 0 Å². The number of hydrogen-bond acceptors (Lipinski definition) is 4. The van der Waals surface area contributed by atoms with Gasteiger partial charge in [0.2, 0.25) is 0 Å². The number of aromatic nitrogens is 1. The zero-order valence-corrected chi connectivity index (χ0v) is 12.9. The molecule has 2 aromatic rings. The van der Waals surface area contributed by atoms with Crippen LogP contribution < -0.4 is 5.73 Å². The molecular weight excluding hydrogens is 272 g/mol. The van der Waals surface area contributed by atoms with Gasteiger partial charge in [0.05, 0.1) is 25.3 Å². The summed E-state index contributed by atoms with van der Waals surface area (Å²) in [5.41, 5.74) is 7.99. The Kier molecular flexibility index (Phi) is 5.76. The van der Waals surface area contributed by atoms with Crippen LogP contribution >= 0.6 is 11.8 Å². The lowest BCUT2D eigenvalue weighted by Crippen LogP contribution is -2.08. The van der Waals surface area contributed by atoms with Gasteiger partial charge in [-0.25, -0.2) is 0 Å². The van der Waals surface area contributed by atoms with E-state index in [4.69, 9.17) is 15.2 Å². The minimum absolute atomic E-state index is 0.634. The van der Waals surface area contributed by atoms with E-state index in [1.807, 2.05) is 17.8 Å². The third-order valence-corrected chi connectivity index (χ3v) is 4.02. The van der Waals surface area contributed by atoms with Crippen molar-refractivity contribution in [2.24, 2.45) is 0 Å². The average molecular weight is 294 g/mol. The molecule has 5 heteroatoms. The van der Waals surface area contributed by atoms with Gasteiger partial charge in [0.1, 0.15) is 0 Å². The van der Waals surface area contributed by atoms with Gasteiger partial charge in [-0.3, -0.25) is 0 Å². The molecule has 0 unspecified atom stereocenters. The van der Waals surface area contributed by atoms with Crippen LogP contribution in [0.4, 0.5) is 5.69 Å². The second-order valence-corrected chi connectivity index (χ2v) is 5.81. The van der Waals surface area contributed by atoms with Crippen LogP contribution in [0.3, 0.4) is 0 Å². The molecule has 1 aromatic carbocycles. The van der Waals surface area contributed by atoms with Gasteiger partial charge in [-0.05, 0) is 24.0 Å². The van der Waals surface area contributed by atoms with E-state index >= 15 is 0 Å². The van der Waals surface area contributed by atoms with Gasteiger partial charge in [-0.2, -0.15) is 0 Å². The molecule has 0 amide bonds. The minimum Gasteiger partial charge on any atom is -0.399 e. The van der Waals surface area contributed by atoms with E-state index in [-0.39, 0.29) is 0 Å². The number of hydrogen-bond donors (Lipinski definition) is 1. The van der Waals surface area contributed by atoms with Crippen LogP contribution in [-0.2, 0) is 16.0 Å². The molecule has 0 aliphatic carbocycles. The van der Waals surface area contributed by atoms with E-state index in [0.717, 1.165) is 18.0 Å². The molecule has 0 bridgehead atoms. The van der Waals surface area contributed by atoms with Crippen molar-refractivity contribution in [3.63, 3.8) is 0 Å². The second kappa shape index (κ2) is 7.57. The summed E-state index contributed by atoms with van der Waals surface area (Å²) in [6.45, 7) is 4.93. The molecule has 0 radical (unpaired) electrons. The third kappa shape index (κ3) is 3.69. The van der Waals surface area contributed by atoms with Crippen LogP contribution in [0.1, 0.15) is 6.92 Å². The summed E-state index contributed by atoms with van der Waals surface area (Å²) >= 11 is 1.83. The van der Waals surface area contributed by atoms with Crippen LogP contribution in [0.5, 0.6) is 0 Å². The summed E-state index contributed by atoms with van der Waals surface area (Å²) in [6, 6.07) is 6.24. The van der Waals surface area contributed by atoms with Crippen molar-refractivity contribution in [1.82, 2.24) is 4.57 Å². The second-order valence-electron chi connectivity index (χ2n) is 4.50. The molecular formula is C15H22N2O2S. The Morgan fingerprint density at radius 3 is 2.85 bits per heavy atom. The number of anilines is 1. The molecule has 0 saturated heterocycles. The number of nitrogen functional groups attached to an aromatic ring is 1. The lowest BCUT2D eigenvalue weighted by atomic mass is 10.2. The van der Waals surface area contributed by atoms with Crippen LogP contribution in [-0.4, -0.2) is 37.3 Å². The SMILES string of the molecule is CCSc1cc(N)cc2c1ccn2CCOCCOC. The summed E-state index contributed by atoms with van der Waals surface area (Å²) in [5, 5.41) is 1.27. The summed E-state index contributed by atoms with van der Waals surface area (Å²) in [6.07, 6.45) is 2.10. The fourth-order valence-electron chi connectivity index (χ4n) is 2.16. The van der Waals surface area contributed by atoms with E-state index in [1.54, 1.807) is 7.11 Å². The molecule has 0 saturated carbocycles. The van der Waals surface area contributed by atoms with Crippen molar-refractivity contribution in [2.75, 3.05) is 38.4 Å². The predicted octanol–water partition coefficient (Wildman–Crippen LogP) is 3.00. The van der Waals surface area contributed by atoms with Crippen molar-refractivity contribution < 1.29 is 9.47 Å². The van der Waals surface area contributed by atoms with Crippen LogP contribution in [0.15, 0.2) is 29.3 Å². The number of rotatable bonds is 8. The van der Waals surface area contributed by atoms with Crippen molar-refractivity contribution in [1.29, 1.82) is 0 Å². The molecule has 0 fully saturated rings. The van der Waals surface area contributed by atoms with E-state index < -0.39 is 0 Å². The molecule has 110 valence electrons. The molecule has 20 heavy (non-hydrogen) atoms. The highest BCUT2D eigenvalue weighted by atomic mass is 32.2. The van der Waals surface area contributed by atoms with Crippen molar-refractivity contribution in [2.45, 2.75) is 18.4 Å². The fraction of sp³-hybridized carbons (Fsp3) is 0.467. The smallest absolute Gasteiger partial charge is 0.0701 e. The number of thioether (sulfide) groups is 1. The highest BCUT2D eigenvalue weighted by Crippen LogP contribution is 2.31. The maximum absolute atomic E-state index is 6.00. The Labute approximate surface area is 124 Å². The lowest BCUT2D eigenvalue weighted by Gasteiger charge is -2.09. The van der Waals surface area contributed by atoms with Crippen LogP contribution in [0, 0.1) is 0 Å². The first-order valence-corrected chi connectivity index (χ1v) is 7.82. The number of nitrogens with zero attached hydrogens (tertiary/aromatic N) is 1. The molecule has 2 N–H and O–H groups in total. The molecule has 4 nitrogen and oxygen atoms in total. The zero-order valence-electron chi connectivity index (χ0n) is 12.1. The number of ether oxygens (including phenoxy) is 2. The number of nitrogens with two attached hydrogens (primary N) is 1. The Balaban J connectivity index is 2.10. The van der Waals surface area contributed by atoms with Crippen molar-refractivity contribution >= 4 is 28.4 Å². The number of methoxy groups -OCH3 is 1. The van der Waals surface area contributed by atoms with E-state index in [9.17, 15) is 0 Å². The van der Waals surface area contributed by atoms with Gasteiger partial charge in [0, 0.05) is 35.8 Å². The Bertz CT molecular complexity index is 554. The Morgan fingerprint density at radius 2 is 2.10 bits per heavy atom.